The molecule has 1 fully saturated rings. The average molecular weight is 312 g/mol. The molecular weight excluding hydrogens is 288 g/mol. The molecule has 0 atom stereocenters. The van der Waals surface area contributed by atoms with Crippen LogP contribution in [0.25, 0.3) is 6.08 Å². The fourth-order valence-corrected chi connectivity index (χ4v) is 2.87. The quantitative estimate of drug-likeness (QED) is 0.849. The molecule has 23 heavy (non-hydrogen) atoms. The summed E-state index contributed by atoms with van der Waals surface area (Å²) in [6.07, 6.45) is 5.63. The second-order valence-corrected chi connectivity index (χ2v) is 5.97. The van der Waals surface area contributed by atoms with Gasteiger partial charge in [0.15, 0.2) is 5.82 Å². The van der Waals surface area contributed by atoms with Crippen molar-refractivity contribution in [2.75, 3.05) is 32.7 Å². The minimum absolute atomic E-state index is 0.641. The van der Waals surface area contributed by atoms with Crippen LogP contribution in [0.2, 0.25) is 0 Å². The smallest absolute Gasteiger partial charge is 0.223 e. The first-order valence-electron chi connectivity index (χ1n) is 8.25. The zero-order valence-electron chi connectivity index (χ0n) is 13.7. The Morgan fingerprint density at radius 2 is 1.87 bits per heavy atom. The Hall–Kier alpha value is -1.98. The van der Waals surface area contributed by atoms with E-state index in [0.29, 0.717) is 5.89 Å². The van der Waals surface area contributed by atoms with E-state index in [1.165, 1.54) is 12.0 Å². The van der Waals surface area contributed by atoms with Gasteiger partial charge in [0.05, 0.1) is 6.54 Å². The maximum Gasteiger partial charge on any atom is 0.223 e. The number of nitrogens with zero attached hydrogens (tertiary/aromatic N) is 4. The fraction of sp³-hybridized carbons (Fsp3) is 0.444. The van der Waals surface area contributed by atoms with Crippen molar-refractivity contribution in [2.45, 2.75) is 19.9 Å². The first-order chi connectivity index (χ1) is 11.3. The molecule has 0 unspecified atom stereocenters. The number of aromatic nitrogens is 2. The van der Waals surface area contributed by atoms with Crippen LogP contribution in [0.1, 0.15) is 23.7 Å². The van der Waals surface area contributed by atoms with Crippen molar-refractivity contribution in [1.29, 1.82) is 0 Å². The monoisotopic (exact) mass is 312 g/mol. The molecule has 122 valence electrons. The summed E-state index contributed by atoms with van der Waals surface area (Å²) in [7, 11) is 0. The Kier molecular flexibility index (Phi) is 5.56. The van der Waals surface area contributed by atoms with Crippen LogP contribution in [0.15, 0.2) is 40.9 Å². The predicted octanol–water partition coefficient (Wildman–Crippen LogP) is 2.60. The van der Waals surface area contributed by atoms with Gasteiger partial charge in [0.2, 0.25) is 5.89 Å². The third kappa shape index (κ3) is 5.01. The molecule has 2 heterocycles. The zero-order chi connectivity index (χ0) is 15.9. The summed E-state index contributed by atoms with van der Waals surface area (Å²) in [5.74, 6) is 1.43. The van der Waals surface area contributed by atoms with Gasteiger partial charge < -0.3 is 4.52 Å². The number of aryl methyl sites for hydroxylation is 1. The van der Waals surface area contributed by atoms with Gasteiger partial charge >= 0.3 is 0 Å². The molecule has 0 N–H and O–H groups in total. The third-order valence-electron chi connectivity index (χ3n) is 4.09. The highest BCUT2D eigenvalue weighted by Gasteiger charge is 2.16. The molecule has 2 aromatic rings. The normalized spacial score (nSPS) is 17.6. The van der Waals surface area contributed by atoms with Crippen molar-refractivity contribution < 1.29 is 4.52 Å². The van der Waals surface area contributed by atoms with Gasteiger partial charge in [0, 0.05) is 26.6 Å². The molecule has 0 aliphatic carbocycles. The van der Waals surface area contributed by atoms with Crippen LogP contribution in [0.5, 0.6) is 0 Å². The molecule has 1 aliphatic heterocycles. The highest BCUT2D eigenvalue weighted by molar-refractivity contribution is 5.48. The van der Waals surface area contributed by atoms with E-state index in [0.717, 1.165) is 45.1 Å². The Morgan fingerprint density at radius 3 is 2.65 bits per heavy atom. The van der Waals surface area contributed by atoms with E-state index in [9.17, 15) is 0 Å². The largest absolute Gasteiger partial charge is 0.340 e. The van der Waals surface area contributed by atoms with Crippen LogP contribution in [0.4, 0.5) is 0 Å². The van der Waals surface area contributed by atoms with Gasteiger partial charge in [-0.15, -0.1) is 0 Å². The van der Waals surface area contributed by atoms with E-state index in [1.54, 1.807) is 0 Å². The van der Waals surface area contributed by atoms with Gasteiger partial charge in [-0.25, -0.2) is 0 Å². The van der Waals surface area contributed by atoms with Crippen molar-refractivity contribution >= 4 is 6.08 Å². The van der Waals surface area contributed by atoms with Crippen LogP contribution >= 0.6 is 0 Å². The minimum Gasteiger partial charge on any atom is -0.340 e. The molecular formula is C18H24N4O. The lowest BCUT2D eigenvalue weighted by Crippen LogP contribution is -2.30. The van der Waals surface area contributed by atoms with E-state index < -0.39 is 0 Å². The average Bonchev–Trinajstić information content (AvgIpc) is 2.84. The van der Waals surface area contributed by atoms with Crippen molar-refractivity contribution in [1.82, 2.24) is 19.9 Å². The first kappa shape index (κ1) is 15.9. The highest BCUT2D eigenvalue weighted by atomic mass is 16.5. The predicted molar refractivity (Wildman–Crippen MR) is 90.8 cm³/mol. The van der Waals surface area contributed by atoms with Crippen molar-refractivity contribution in [3.05, 3.63) is 53.7 Å². The maximum atomic E-state index is 5.05. The topological polar surface area (TPSA) is 45.4 Å². The van der Waals surface area contributed by atoms with Crippen LogP contribution < -0.4 is 0 Å². The third-order valence-corrected chi connectivity index (χ3v) is 4.09. The van der Waals surface area contributed by atoms with E-state index in [1.807, 2.05) is 13.0 Å². The molecule has 0 saturated carbocycles. The van der Waals surface area contributed by atoms with E-state index in [4.69, 9.17) is 4.52 Å². The summed E-state index contributed by atoms with van der Waals surface area (Å²) in [6, 6.07) is 10.5. The van der Waals surface area contributed by atoms with Crippen LogP contribution in [0.3, 0.4) is 0 Å². The molecule has 5 heteroatoms. The lowest BCUT2D eigenvalue weighted by atomic mass is 10.2. The van der Waals surface area contributed by atoms with E-state index in [-0.39, 0.29) is 0 Å². The Labute approximate surface area is 137 Å². The van der Waals surface area contributed by atoms with E-state index >= 15 is 0 Å². The van der Waals surface area contributed by atoms with E-state index in [2.05, 4.69) is 56.4 Å². The second-order valence-electron chi connectivity index (χ2n) is 5.97. The number of rotatable bonds is 5. The van der Waals surface area contributed by atoms with Gasteiger partial charge in [0.25, 0.3) is 0 Å². The van der Waals surface area contributed by atoms with Gasteiger partial charge in [-0.3, -0.25) is 9.80 Å². The van der Waals surface area contributed by atoms with Gasteiger partial charge in [0.1, 0.15) is 0 Å². The lowest BCUT2D eigenvalue weighted by Gasteiger charge is -2.19. The highest BCUT2D eigenvalue weighted by Crippen LogP contribution is 2.08. The van der Waals surface area contributed by atoms with Gasteiger partial charge in [-0.05, 0) is 25.1 Å². The van der Waals surface area contributed by atoms with Gasteiger partial charge in [-0.1, -0.05) is 47.6 Å². The molecule has 5 nitrogen and oxygen atoms in total. The summed E-state index contributed by atoms with van der Waals surface area (Å²) < 4.78 is 5.05. The number of benzene rings is 1. The molecule has 0 radical (unpaired) electrons. The van der Waals surface area contributed by atoms with Gasteiger partial charge in [-0.2, -0.15) is 4.98 Å². The minimum atomic E-state index is 0.641. The standard InChI is InChI=1S/C18H24N4O/c1-16-19-18(20-23-16)15-22-12-6-11-21(13-14-22)10-5-9-17-7-3-2-4-8-17/h2-5,7-9H,6,10-15H2,1H3. The molecule has 0 bridgehead atoms. The number of hydrogen-bond acceptors (Lipinski definition) is 5. The Bertz CT molecular complexity index is 623. The van der Waals surface area contributed by atoms with Crippen LogP contribution in [-0.4, -0.2) is 52.7 Å². The molecule has 1 aromatic carbocycles. The Morgan fingerprint density at radius 1 is 1.09 bits per heavy atom. The summed E-state index contributed by atoms with van der Waals surface area (Å²) in [4.78, 5) is 9.20. The number of hydrogen-bond donors (Lipinski definition) is 0. The van der Waals surface area contributed by atoms with Crippen LogP contribution in [0, 0.1) is 6.92 Å². The van der Waals surface area contributed by atoms with Crippen molar-refractivity contribution in [3.8, 4) is 0 Å². The lowest BCUT2D eigenvalue weighted by molar-refractivity contribution is 0.253. The molecule has 1 aromatic heterocycles. The molecule has 1 aliphatic rings. The summed E-state index contributed by atoms with van der Waals surface area (Å²) >= 11 is 0. The maximum absolute atomic E-state index is 5.05. The molecule has 3 rings (SSSR count). The summed E-state index contributed by atoms with van der Waals surface area (Å²) in [5, 5.41) is 3.99. The molecule has 0 spiro atoms. The van der Waals surface area contributed by atoms with Crippen molar-refractivity contribution in [3.63, 3.8) is 0 Å². The fourth-order valence-electron chi connectivity index (χ4n) is 2.87. The summed E-state index contributed by atoms with van der Waals surface area (Å²) in [6.45, 7) is 7.98. The second kappa shape index (κ2) is 8.04. The molecule has 0 amide bonds. The molecule has 1 saturated heterocycles. The summed E-state index contributed by atoms with van der Waals surface area (Å²) in [5.41, 5.74) is 1.26. The van der Waals surface area contributed by atoms with Crippen LogP contribution in [-0.2, 0) is 6.54 Å². The SMILES string of the molecule is Cc1nc(CN2CCCN(CC=Cc3ccccc3)CC2)no1. The zero-order valence-corrected chi connectivity index (χ0v) is 13.7. The Balaban J connectivity index is 1.45. The van der Waals surface area contributed by atoms with Crippen molar-refractivity contribution in [2.24, 2.45) is 0 Å². The first-order valence-corrected chi connectivity index (χ1v) is 8.25.